The van der Waals surface area contributed by atoms with Crippen LogP contribution in [-0.4, -0.2) is 25.9 Å². The van der Waals surface area contributed by atoms with Crippen LogP contribution in [0.5, 0.6) is 5.75 Å². The van der Waals surface area contributed by atoms with Crippen molar-refractivity contribution in [1.29, 1.82) is 0 Å². The molecule has 0 spiro atoms. The summed E-state index contributed by atoms with van der Waals surface area (Å²) in [6, 6.07) is 4.35. The van der Waals surface area contributed by atoms with E-state index in [0.717, 1.165) is 6.42 Å². The lowest BCUT2D eigenvalue weighted by atomic mass is 9.74. The molecule has 1 fully saturated rings. The first-order valence-electron chi connectivity index (χ1n) is 6.08. The van der Waals surface area contributed by atoms with Crippen LogP contribution in [0, 0.1) is 5.82 Å². The van der Waals surface area contributed by atoms with Crippen LogP contribution in [-0.2, 0) is 9.31 Å². The molecule has 0 bridgehead atoms. The van der Waals surface area contributed by atoms with Crippen LogP contribution in [0.2, 0.25) is 0 Å². The second-order valence-corrected chi connectivity index (χ2v) is 5.25. The molecule has 2 rings (SSSR count). The first-order chi connectivity index (χ1) is 8.41. The maximum atomic E-state index is 13.4. The van der Waals surface area contributed by atoms with E-state index in [2.05, 4.69) is 0 Å². The molecule has 0 saturated carbocycles. The summed E-state index contributed by atoms with van der Waals surface area (Å²) in [5.74, 6) is 0.250. The van der Waals surface area contributed by atoms with Crippen molar-refractivity contribution in [3.8, 4) is 5.75 Å². The van der Waals surface area contributed by atoms with Crippen molar-refractivity contribution in [3.63, 3.8) is 0 Å². The van der Waals surface area contributed by atoms with Crippen molar-refractivity contribution in [2.75, 3.05) is 7.11 Å². The van der Waals surface area contributed by atoms with Gasteiger partial charge in [0.05, 0.1) is 12.7 Å². The van der Waals surface area contributed by atoms with Crippen LogP contribution in [0.25, 0.3) is 0 Å². The van der Waals surface area contributed by atoms with Gasteiger partial charge in [0.1, 0.15) is 11.6 Å². The van der Waals surface area contributed by atoms with Gasteiger partial charge in [-0.1, -0.05) is 0 Å². The molecule has 1 heterocycles. The Balaban J connectivity index is 2.32. The summed E-state index contributed by atoms with van der Waals surface area (Å²) < 4.78 is 30.2. The van der Waals surface area contributed by atoms with Crippen LogP contribution in [0.15, 0.2) is 18.2 Å². The fourth-order valence-corrected chi connectivity index (χ4v) is 2.34. The lowest BCUT2D eigenvalue weighted by Gasteiger charge is -2.38. The molecule has 5 heteroatoms. The Labute approximate surface area is 107 Å². The first-order valence-corrected chi connectivity index (χ1v) is 6.08. The minimum Gasteiger partial charge on any atom is -0.497 e. The van der Waals surface area contributed by atoms with Crippen LogP contribution in [0.3, 0.4) is 0 Å². The zero-order chi connectivity index (χ0) is 13.3. The molecule has 1 saturated heterocycles. The molecule has 1 unspecified atom stereocenters. The maximum Gasteiger partial charge on any atom is 0.498 e. The summed E-state index contributed by atoms with van der Waals surface area (Å²) in [5, 5.41) is 0. The monoisotopic (exact) mass is 252 g/mol. The lowest BCUT2D eigenvalue weighted by Crippen LogP contribution is -2.52. The molecule has 0 aliphatic carbocycles. The molecular weight excluding hydrogens is 234 g/mol. The number of hydrogen-bond donors (Lipinski definition) is 0. The van der Waals surface area contributed by atoms with Gasteiger partial charge in [-0.3, -0.25) is 0 Å². The molecule has 0 radical (unpaired) electrons. The molecule has 0 amide bonds. The largest absolute Gasteiger partial charge is 0.498 e. The van der Waals surface area contributed by atoms with Crippen molar-refractivity contribution < 1.29 is 18.4 Å². The van der Waals surface area contributed by atoms with Gasteiger partial charge in [0.15, 0.2) is 0 Å². The van der Waals surface area contributed by atoms with Crippen LogP contribution in [0.1, 0.15) is 27.2 Å². The highest BCUT2D eigenvalue weighted by Crippen LogP contribution is 2.27. The predicted molar refractivity (Wildman–Crippen MR) is 68.7 cm³/mol. The van der Waals surface area contributed by atoms with E-state index >= 15 is 0 Å². The Kier molecular flexibility index (Phi) is 3.64. The normalized spacial score (nSPS) is 22.9. The molecule has 0 N–H and O–H groups in total. The Bertz CT molecular complexity index is 436. The zero-order valence-electron chi connectivity index (χ0n) is 11.2. The Morgan fingerprint density at radius 2 is 2.17 bits per heavy atom. The van der Waals surface area contributed by atoms with Gasteiger partial charge in [-0.2, -0.15) is 0 Å². The zero-order valence-corrected chi connectivity index (χ0v) is 11.2. The summed E-state index contributed by atoms with van der Waals surface area (Å²) in [5.41, 5.74) is 0.303. The molecule has 1 atom stereocenters. The molecule has 3 nitrogen and oxygen atoms in total. The molecule has 0 aromatic heterocycles. The fraction of sp³-hybridized carbons (Fsp3) is 0.538. The van der Waals surface area contributed by atoms with Gasteiger partial charge in [-0.15, -0.1) is 0 Å². The van der Waals surface area contributed by atoms with Gasteiger partial charge >= 0.3 is 7.12 Å². The van der Waals surface area contributed by atoms with Gasteiger partial charge in [0.2, 0.25) is 0 Å². The third kappa shape index (κ3) is 2.84. The van der Waals surface area contributed by atoms with Crippen LogP contribution in [0.4, 0.5) is 4.39 Å². The second kappa shape index (κ2) is 4.90. The molecule has 1 aromatic carbocycles. The van der Waals surface area contributed by atoms with E-state index in [1.54, 1.807) is 13.2 Å². The summed E-state index contributed by atoms with van der Waals surface area (Å²) in [7, 11) is 0.961. The van der Waals surface area contributed by atoms with Gasteiger partial charge in [0, 0.05) is 11.6 Å². The van der Waals surface area contributed by atoms with E-state index in [1.165, 1.54) is 12.1 Å². The van der Waals surface area contributed by atoms with Crippen molar-refractivity contribution >= 4 is 12.6 Å². The standard InChI is InChI=1S/C13H18BFO3/c1-9-8-13(2,3)18-14(17-9)11-7-10(15)5-6-12(11)16-4/h5-7,9H,8H2,1-4H3. The van der Waals surface area contributed by atoms with E-state index < -0.39 is 7.12 Å². The number of ether oxygens (including phenoxy) is 1. The van der Waals surface area contributed by atoms with Crippen molar-refractivity contribution in [2.45, 2.75) is 38.9 Å². The minimum absolute atomic E-state index is 0.0618. The van der Waals surface area contributed by atoms with Gasteiger partial charge in [-0.25, -0.2) is 4.39 Å². The number of hydrogen-bond acceptors (Lipinski definition) is 3. The van der Waals surface area contributed by atoms with E-state index in [-0.39, 0.29) is 17.5 Å². The van der Waals surface area contributed by atoms with Crippen molar-refractivity contribution in [3.05, 3.63) is 24.0 Å². The van der Waals surface area contributed by atoms with Crippen LogP contribution < -0.4 is 10.2 Å². The summed E-state index contributed by atoms with van der Waals surface area (Å²) in [4.78, 5) is 0. The van der Waals surface area contributed by atoms with E-state index in [1.807, 2.05) is 20.8 Å². The highest BCUT2D eigenvalue weighted by Gasteiger charge is 2.39. The van der Waals surface area contributed by atoms with E-state index in [9.17, 15) is 4.39 Å². The molecule has 1 aromatic rings. The first kappa shape index (κ1) is 13.4. The maximum absolute atomic E-state index is 13.4. The molecule has 1 aliphatic rings. The van der Waals surface area contributed by atoms with E-state index in [0.29, 0.717) is 11.2 Å². The quantitative estimate of drug-likeness (QED) is 0.754. The van der Waals surface area contributed by atoms with Gasteiger partial charge < -0.3 is 14.0 Å². The fourth-order valence-electron chi connectivity index (χ4n) is 2.34. The number of halogens is 1. The van der Waals surface area contributed by atoms with Crippen molar-refractivity contribution in [1.82, 2.24) is 0 Å². The Morgan fingerprint density at radius 3 is 2.78 bits per heavy atom. The van der Waals surface area contributed by atoms with E-state index in [4.69, 9.17) is 14.0 Å². The average molecular weight is 252 g/mol. The minimum atomic E-state index is -0.589. The summed E-state index contributed by atoms with van der Waals surface area (Å²) >= 11 is 0. The average Bonchev–Trinajstić information content (AvgIpc) is 2.26. The predicted octanol–water partition coefficient (Wildman–Crippen LogP) is 2.13. The summed E-state index contributed by atoms with van der Waals surface area (Å²) in [6.45, 7) is 6.00. The number of rotatable bonds is 2. The summed E-state index contributed by atoms with van der Waals surface area (Å²) in [6.07, 6.45) is 0.868. The topological polar surface area (TPSA) is 27.7 Å². The van der Waals surface area contributed by atoms with Crippen molar-refractivity contribution in [2.24, 2.45) is 0 Å². The Morgan fingerprint density at radius 1 is 1.44 bits per heavy atom. The number of methoxy groups -OCH3 is 1. The SMILES string of the molecule is COc1ccc(F)cc1B1OC(C)CC(C)(C)O1. The second-order valence-electron chi connectivity index (χ2n) is 5.25. The highest BCUT2D eigenvalue weighted by atomic mass is 19.1. The number of benzene rings is 1. The van der Waals surface area contributed by atoms with Gasteiger partial charge in [0.25, 0.3) is 0 Å². The molecule has 98 valence electrons. The smallest absolute Gasteiger partial charge is 0.497 e. The van der Waals surface area contributed by atoms with Gasteiger partial charge in [-0.05, 0) is 45.4 Å². The molecule has 18 heavy (non-hydrogen) atoms. The molecular formula is C13H18BFO3. The Hall–Kier alpha value is -1.07. The lowest BCUT2D eigenvalue weighted by molar-refractivity contribution is -0.0231. The highest BCUT2D eigenvalue weighted by molar-refractivity contribution is 6.62. The molecule has 1 aliphatic heterocycles. The van der Waals surface area contributed by atoms with Crippen LogP contribution >= 0.6 is 0 Å². The third-order valence-corrected chi connectivity index (χ3v) is 3.01. The third-order valence-electron chi connectivity index (χ3n) is 3.01.